The second-order valence-electron chi connectivity index (χ2n) is 4.20. The Kier molecular flexibility index (Phi) is 5.63. The van der Waals surface area contributed by atoms with Crippen LogP contribution in [0, 0.1) is 29.1 Å². The molecule has 0 radical (unpaired) electrons. The quantitative estimate of drug-likeness (QED) is 0.206. The Balaban J connectivity index is 2.75. The van der Waals surface area contributed by atoms with Crippen LogP contribution in [-0.2, 0) is 10.8 Å². The first kappa shape index (κ1) is 17.0. The van der Waals surface area contributed by atoms with E-state index < -0.39 is 47.0 Å². The number of rotatable bonds is 6. The molecule has 3 nitrogen and oxygen atoms in total. The van der Waals surface area contributed by atoms with Gasteiger partial charge in [-0.1, -0.05) is 0 Å². The highest BCUT2D eigenvalue weighted by molar-refractivity contribution is 5.98. The van der Waals surface area contributed by atoms with E-state index in [9.17, 15) is 22.0 Å². The fourth-order valence-electron chi connectivity index (χ4n) is 1.63. The molecule has 0 saturated carbocycles. The van der Waals surface area contributed by atoms with Crippen molar-refractivity contribution in [3.8, 4) is 0 Å². The van der Waals surface area contributed by atoms with Crippen LogP contribution in [0.25, 0.3) is 0 Å². The molecule has 0 spiro atoms. The highest BCUT2D eigenvalue weighted by Crippen LogP contribution is 2.24. The van der Waals surface area contributed by atoms with E-state index in [1.807, 2.05) is 0 Å². The van der Waals surface area contributed by atoms with Crippen LogP contribution in [0.5, 0.6) is 0 Å². The average Bonchev–Trinajstić information content (AvgIpc) is 2.42. The molecular weight excluding hydrogens is 303 g/mol. The Hall–Kier alpha value is -1.03. The molecule has 1 rings (SSSR count). The predicted octanol–water partition coefficient (Wildman–Crippen LogP) is 1.03. The van der Waals surface area contributed by atoms with Gasteiger partial charge in [-0.2, -0.15) is 0 Å². The van der Waals surface area contributed by atoms with Gasteiger partial charge in [-0.25, -0.2) is 22.0 Å². The lowest BCUT2D eigenvalue weighted by Crippen LogP contribution is -2.30. The molecule has 0 aliphatic carbocycles. The third kappa shape index (κ3) is 3.75. The molecule has 0 bridgehead atoms. The smallest absolute Gasteiger partial charge is 0.267 e. The summed E-state index contributed by atoms with van der Waals surface area (Å²) < 4.78 is 69.6. The first-order valence-electron chi connectivity index (χ1n) is 5.71. The molecule has 1 aromatic carbocycles. The van der Waals surface area contributed by atoms with Gasteiger partial charge in [0.15, 0.2) is 33.8 Å². The zero-order valence-electron chi connectivity index (χ0n) is 10.5. The van der Waals surface area contributed by atoms with Gasteiger partial charge >= 0.3 is 0 Å². The second-order valence-corrected chi connectivity index (χ2v) is 4.61. The van der Waals surface area contributed by atoms with Crippen molar-refractivity contribution in [1.82, 2.24) is 0 Å². The molecular formula is C11H13F5O3Si. The van der Waals surface area contributed by atoms with Crippen molar-refractivity contribution in [3.63, 3.8) is 0 Å². The van der Waals surface area contributed by atoms with E-state index in [1.165, 1.54) is 0 Å². The monoisotopic (exact) mass is 316 g/mol. The summed E-state index contributed by atoms with van der Waals surface area (Å²) in [5.41, 5.74) is -0.908. The lowest BCUT2D eigenvalue weighted by molar-refractivity contribution is -0.295. The van der Waals surface area contributed by atoms with Gasteiger partial charge in [-0.05, 0) is 19.3 Å². The maximum atomic E-state index is 13.3. The molecule has 9 heteroatoms. The summed E-state index contributed by atoms with van der Waals surface area (Å²) in [6, 6.07) is 0. The molecule has 0 fully saturated rings. The van der Waals surface area contributed by atoms with Crippen LogP contribution >= 0.6 is 0 Å². The fraction of sp³-hybridized carbons (Fsp3) is 0.455. The summed E-state index contributed by atoms with van der Waals surface area (Å²) in [4.78, 5) is 0. The Morgan fingerprint density at radius 3 is 1.75 bits per heavy atom. The predicted molar refractivity (Wildman–Crippen MR) is 62.0 cm³/mol. The normalized spacial score (nSPS) is 12.2. The van der Waals surface area contributed by atoms with Crippen molar-refractivity contribution in [2.24, 2.45) is 0 Å². The number of hydrogen-bond donors (Lipinski definition) is 2. The van der Waals surface area contributed by atoms with Gasteiger partial charge in [0, 0.05) is 12.0 Å². The van der Waals surface area contributed by atoms with Crippen LogP contribution in [0.1, 0.15) is 24.8 Å². The van der Waals surface area contributed by atoms with Crippen molar-refractivity contribution in [2.75, 3.05) is 0 Å². The second kappa shape index (κ2) is 6.61. The van der Waals surface area contributed by atoms with Crippen LogP contribution in [0.4, 0.5) is 22.0 Å². The molecule has 1 aromatic rings. The lowest BCUT2D eigenvalue weighted by Gasteiger charge is -2.19. The Morgan fingerprint density at radius 1 is 0.850 bits per heavy atom. The van der Waals surface area contributed by atoms with E-state index in [0.29, 0.717) is 0 Å². The van der Waals surface area contributed by atoms with Crippen molar-refractivity contribution in [1.29, 1.82) is 0 Å². The first-order chi connectivity index (χ1) is 9.21. The lowest BCUT2D eigenvalue weighted by atomic mass is 10.0. The Bertz CT molecular complexity index is 466. The molecule has 0 aromatic heterocycles. The molecule has 0 heterocycles. The Labute approximate surface area is 114 Å². The zero-order chi connectivity index (χ0) is 15.5. The third-order valence-electron chi connectivity index (χ3n) is 2.81. The summed E-state index contributed by atoms with van der Waals surface area (Å²) in [6.07, 6.45) is -0.560. The molecule has 0 atom stereocenters. The van der Waals surface area contributed by atoms with E-state index in [-0.39, 0.29) is 29.7 Å². The van der Waals surface area contributed by atoms with Gasteiger partial charge in [0.05, 0.1) is 0 Å². The highest BCUT2D eigenvalue weighted by atomic mass is 28.2. The van der Waals surface area contributed by atoms with Crippen LogP contribution in [-0.4, -0.2) is 26.7 Å². The minimum Gasteiger partial charge on any atom is -0.381 e. The van der Waals surface area contributed by atoms with Crippen molar-refractivity contribution in [3.05, 3.63) is 34.6 Å². The highest BCUT2D eigenvalue weighted by Gasteiger charge is 2.26. The molecule has 0 aliphatic rings. The number of hydrogen-bond acceptors (Lipinski definition) is 3. The van der Waals surface area contributed by atoms with E-state index in [0.717, 1.165) is 0 Å². The van der Waals surface area contributed by atoms with Crippen LogP contribution in [0.2, 0.25) is 0 Å². The van der Waals surface area contributed by atoms with E-state index in [4.69, 9.17) is 10.2 Å². The van der Waals surface area contributed by atoms with Crippen LogP contribution < -0.4 is 0 Å². The van der Waals surface area contributed by atoms with E-state index >= 15 is 0 Å². The summed E-state index contributed by atoms with van der Waals surface area (Å²) in [6.45, 7) is 0. The molecule has 0 aliphatic heterocycles. The number of halogens is 5. The van der Waals surface area contributed by atoms with Gasteiger partial charge < -0.3 is 14.6 Å². The molecule has 0 saturated heterocycles. The first-order valence-corrected chi connectivity index (χ1v) is 6.53. The molecule has 20 heavy (non-hydrogen) atoms. The molecule has 0 unspecified atom stereocenters. The average molecular weight is 316 g/mol. The zero-order valence-corrected chi connectivity index (χ0v) is 12.5. The van der Waals surface area contributed by atoms with Gasteiger partial charge in [-0.3, -0.25) is 0 Å². The van der Waals surface area contributed by atoms with Gasteiger partial charge in [0.2, 0.25) is 5.82 Å². The van der Waals surface area contributed by atoms with Crippen molar-refractivity contribution < 1.29 is 36.6 Å². The van der Waals surface area contributed by atoms with Crippen molar-refractivity contribution >= 4 is 10.5 Å². The largest absolute Gasteiger partial charge is 0.381 e. The van der Waals surface area contributed by atoms with E-state index in [1.54, 1.807) is 0 Å². The number of benzene rings is 1. The standard InChI is InChI=1S/C11H13F5O3Si/c12-6-5(3-1-2-4-11(17,18)19-20)7(13)9(15)10(16)8(6)14/h17-18H,1-4H2,20H3. The topological polar surface area (TPSA) is 49.7 Å². The number of unbranched alkanes of at least 4 members (excludes halogenated alkanes) is 1. The van der Waals surface area contributed by atoms with E-state index in [2.05, 4.69) is 4.43 Å². The van der Waals surface area contributed by atoms with Crippen LogP contribution in [0.15, 0.2) is 0 Å². The minimum atomic E-state index is -2.32. The molecule has 0 amide bonds. The summed E-state index contributed by atoms with van der Waals surface area (Å²) in [5.74, 6) is -12.2. The SMILES string of the molecule is OC(O)(CCCCc1c(F)c(F)c(F)c(F)c1F)O[SiH3]. The number of aliphatic hydroxyl groups is 2. The van der Waals surface area contributed by atoms with Crippen LogP contribution in [0.3, 0.4) is 0 Å². The van der Waals surface area contributed by atoms with Gasteiger partial charge in [0.1, 0.15) is 0 Å². The summed E-state index contributed by atoms with van der Waals surface area (Å²) in [5, 5.41) is 18.2. The van der Waals surface area contributed by atoms with Gasteiger partial charge in [0.25, 0.3) is 5.97 Å². The Morgan fingerprint density at radius 2 is 1.30 bits per heavy atom. The minimum absolute atomic E-state index is 0.00609. The maximum Gasteiger partial charge on any atom is 0.267 e. The van der Waals surface area contributed by atoms with Gasteiger partial charge in [-0.15, -0.1) is 0 Å². The molecule has 2 N–H and O–H groups in total. The molecule has 114 valence electrons. The van der Waals surface area contributed by atoms with Crippen molar-refractivity contribution in [2.45, 2.75) is 31.7 Å². The summed E-state index contributed by atoms with van der Waals surface area (Å²) >= 11 is 0. The third-order valence-corrected chi connectivity index (χ3v) is 3.46. The fourth-order valence-corrected chi connectivity index (χ4v) is 1.83. The maximum absolute atomic E-state index is 13.3. The summed E-state index contributed by atoms with van der Waals surface area (Å²) in [7, 11) is 0.0741.